The Hall–Kier alpha value is -2.06. The summed E-state index contributed by atoms with van der Waals surface area (Å²) in [5, 5.41) is 24.5. The number of halogens is 1. The minimum absolute atomic E-state index is 0.123. The highest BCUT2D eigenvalue weighted by Crippen LogP contribution is 2.60. The number of anilines is 1. The van der Waals surface area contributed by atoms with Gasteiger partial charge in [-0.05, 0) is 68.3 Å². The van der Waals surface area contributed by atoms with Gasteiger partial charge in [-0.3, -0.25) is 4.79 Å². The third-order valence-electron chi connectivity index (χ3n) is 7.85. The molecule has 9 heteroatoms. The lowest BCUT2D eigenvalue weighted by Gasteiger charge is -2.60. The van der Waals surface area contributed by atoms with E-state index in [0.717, 1.165) is 32.1 Å². The number of nitrogens with zero attached hydrogens (tertiary/aromatic N) is 2. The number of nitrogens with two attached hydrogens (primary N) is 1. The molecule has 2 heterocycles. The Balaban J connectivity index is 1.43. The fourth-order valence-electron chi connectivity index (χ4n) is 7.10. The Kier molecular flexibility index (Phi) is 4.63. The Morgan fingerprint density at radius 1 is 1.27 bits per heavy atom. The number of nitrogens with one attached hydrogen (secondary N) is 1. The highest BCUT2D eigenvalue weighted by Gasteiger charge is 2.59. The molecule has 5 N–H and O–H groups in total. The zero-order valence-electron chi connectivity index (χ0n) is 16.6. The van der Waals surface area contributed by atoms with Gasteiger partial charge < -0.3 is 26.2 Å². The lowest BCUT2D eigenvalue weighted by atomic mass is 9.48. The van der Waals surface area contributed by atoms with Crippen molar-refractivity contribution in [1.82, 2.24) is 9.88 Å². The van der Waals surface area contributed by atoms with Crippen LogP contribution in [0, 0.1) is 23.7 Å². The fraction of sp³-hybridized carbons (Fsp3) is 0.667. The van der Waals surface area contributed by atoms with Gasteiger partial charge in [0.05, 0.1) is 28.3 Å². The molecule has 0 aromatic carbocycles. The molecule has 1 saturated heterocycles. The minimum Gasteiger partial charge on any atom is -0.465 e. The summed E-state index contributed by atoms with van der Waals surface area (Å²) in [6.07, 6.45) is 5.73. The van der Waals surface area contributed by atoms with E-state index in [1.165, 1.54) is 12.3 Å². The first kappa shape index (κ1) is 19.9. The topological polar surface area (TPSA) is 129 Å². The van der Waals surface area contributed by atoms with E-state index >= 15 is 0 Å². The summed E-state index contributed by atoms with van der Waals surface area (Å²) in [5.41, 5.74) is 4.97. The largest absolute Gasteiger partial charge is 0.465 e. The normalized spacial score (nSPS) is 39.3. The number of primary amides is 1. The van der Waals surface area contributed by atoms with Crippen LogP contribution in [-0.2, 0) is 0 Å². The molecule has 6 rings (SSSR count). The first-order chi connectivity index (χ1) is 14.2. The van der Waals surface area contributed by atoms with Gasteiger partial charge in [-0.1, -0.05) is 11.6 Å². The lowest BCUT2D eigenvalue weighted by molar-refractivity contribution is -0.162. The second-order valence-corrected chi connectivity index (χ2v) is 10.1. The average Bonchev–Trinajstić information content (AvgIpc) is 3.05. The number of carboxylic acid groups (broad SMARTS) is 1. The highest BCUT2D eigenvalue weighted by molar-refractivity contribution is 6.33. The van der Waals surface area contributed by atoms with Crippen LogP contribution in [0.3, 0.4) is 0 Å². The van der Waals surface area contributed by atoms with Gasteiger partial charge in [0, 0.05) is 12.7 Å². The maximum atomic E-state index is 12.1. The molecule has 4 aliphatic carbocycles. The molecule has 5 fully saturated rings. The first-order valence-corrected chi connectivity index (χ1v) is 11.1. The van der Waals surface area contributed by atoms with E-state index in [0.29, 0.717) is 41.6 Å². The zero-order chi connectivity index (χ0) is 21.2. The highest BCUT2D eigenvalue weighted by atomic mass is 35.5. The van der Waals surface area contributed by atoms with Crippen LogP contribution >= 0.6 is 11.6 Å². The summed E-state index contributed by atoms with van der Waals surface area (Å²) < 4.78 is 0. The monoisotopic (exact) mass is 434 g/mol. The third-order valence-corrected chi connectivity index (χ3v) is 8.14. The van der Waals surface area contributed by atoms with Crippen LogP contribution < -0.4 is 11.1 Å². The van der Waals surface area contributed by atoms with Gasteiger partial charge in [0.1, 0.15) is 5.82 Å². The van der Waals surface area contributed by atoms with Crippen LogP contribution in [0.15, 0.2) is 12.3 Å². The van der Waals surface area contributed by atoms with Crippen LogP contribution in [0.5, 0.6) is 0 Å². The van der Waals surface area contributed by atoms with E-state index in [4.69, 9.17) is 17.3 Å². The summed E-state index contributed by atoms with van der Waals surface area (Å²) in [7, 11) is 0. The molecule has 0 radical (unpaired) electrons. The van der Waals surface area contributed by atoms with E-state index in [1.54, 1.807) is 4.90 Å². The number of hydrogen-bond donors (Lipinski definition) is 4. The molecule has 2 amide bonds. The summed E-state index contributed by atoms with van der Waals surface area (Å²) in [4.78, 5) is 29.2. The molecule has 4 bridgehead atoms. The first-order valence-electron chi connectivity index (χ1n) is 10.7. The number of rotatable bonds is 4. The van der Waals surface area contributed by atoms with Gasteiger partial charge in [0.2, 0.25) is 5.91 Å². The van der Waals surface area contributed by atoms with Crippen LogP contribution in [-0.4, -0.2) is 56.3 Å². The van der Waals surface area contributed by atoms with Gasteiger partial charge in [-0.2, -0.15) is 0 Å². The maximum absolute atomic E-state index is 12.1. The van der Waals surface area contributed by atoms with Gasteiger partial charge in [-0.15, -0.1) is 0 Å². The fourth-order valence-corrected chi connectivity index (χ4v) is 7.33. The molecule has 8 nitrogen and oxygen atoms in total. The number of aromatic nitrogens is 1. The van der Waals surface area contributed by atoms with E-state index in [9.17, 15) is 19.8 Å². The standard InChI is InChI=1S/C21H27ClN4O4/c22-14-5-13(18(23)27)9-24-19(14)25-15-1-2-26(20(28)29)17(15)16-11-3-10-4-12(16)8-21(30,6-10)7-11/h5,9-12,15-17,30H,1-4,6-8H2,(H2,23,27)(H,24,25)(H,28,29)/t10?,11-,12+,15?,16?,17?,21?. The van der Waals surface area contributed by atoms with E-state index < -0.39 is 17.6 Å². The molecule has 30 heavy (non-hydrogen) atoms. The number of hydrogen-bond acceptors (Lipinski definition) is 5. The van der Waals surface area contributed by atoms with Crippen molar-refractivity contribution in [3.05, 3.63) is 22.8 Å². The van der Waals surface area contributed by atoms with Crippen molar-refractivity contribution in [2.75, 3.05) is 11.9 Å². The average molecular weight is 435 g/mol. The predicted molar refractivity (Wildman–Crippen MR) is 110 cm³/mol. The Labute approximate surface area is 179 Å². The van der Waals surface area contributed by atoms with Crippen molar-refractivity contribution in [3.8, 4) is 0 Å². The van der Waals surface area contributed by atoms with Gasteiger partial charge >= 0.3 is 6.09 Å². The molecule has 1 aromatic heterocycles. The SMILES string of the molecule is NC(=O)c1cnc(NC2CCN(C(=O)O)C2C2[C@@H]3CC4C[C@H]2CC(O)(C4)C3)c(Cl)c1. The molecule has 1 aromatic rings. The summed E-state index contributed by atoms with van der Waals surface area (Å²) in [6.45, 7) is 0.457. The van der Waals surface area contributed by atoms with Crippen molar-refractivity contribution in [3.63, 3.8) is 0 Å². The van der Waals surface area contributed by atoms with E-state index in [1.807, 2.05) is 0 Å². The number of pyridine rings is 1. The van der Waals surface area contributed by atoms with Crippen LogP contribution in [0.25, 0.3) is 0 Å². The van der Waals surface area contributed by atoms with Crippen LogP contribution in [0.1, 0.15) is 48.9 Å². The molecule has 162 valence electrons. The van der Waals surface area contributed by atoms with Crippen molar-refractivity contribution in [2.24, 2.45) is 29.4 Å². The summed E-state index contributed by atoms with van der Waals surface area (Å²) >= 11 is 6.33. The number of likely N-dealkylation sites (tertiary alicyclic amines) is 1. The second kappa shape index (κ2) is 6.99. The molecule has 5 aliphatic rings. The Morgan fingerprint density at radius 2 is 1.97 bits per heavy atom. The van der Waals surface area contributed by atoms with Crippen molar-refractivity contribution in [1.29, 1.82) is 0 Å². The molecule has 7 atom stereocenters. The Bertz CT molecular complexity index is 880. The minimum atomic E-state index is -0.903. The van der Waals surface area contributed by atoms with Crippen molar-refractivity contribution < 1.29 is 19.8 Å². The van der Waals surface area contributed by atoms with Crippen LogP contribution in [0.4, 0.5) is 10.6 Å². The molecular formula is C21H27ClN4O4. The Morgan fingerprint density at radius 3 is 2.53 bits per heavy atom. The zero-order valence-corrected chi connectivity index (χ0v) is 17.4. The molecule has 5 unspecified atom stereocenters. The second-order valence-electron chi connectivity index (χ2n) is 9.70. The van der Waals surface area contributed by atoms with Crippen molar-refractivity contribution in [2.45, 2.75) is 56.2 Å². The number of amides is 2. The van der Waals surface area contributed by atoms with Gasteiger partial charge in [0.25, 0.3) is 0 Å². The number of carbonyl (C=O) groups excluding carboxylic acids is 1. The maximum Gasteiger partial charge on any atom is 0.407 e. The number of aliphatic hydroxyl groups is 1. The molecule has 4 saturated carbocycles. The number of carbonyl (C=O) groups is 2. The van der Waals surface area contributed by atoms with Gasteiger partial charge in [0.15, 0.2) is 0 Å². The smallest absolute Gasteiger partial charge is 0.407 e. The van der Waals surface area contributed by atoms with Gasteiger partial charge in [-0.25, -0.2) is 9.78 Å². The lowest BCUT2D eigenvalue weighted by Crippen LogP contribution is -2.61. The predicted octanol–water partition coefficient (Wildman–Crippen LogP) is 2.55. The van der Waals surface area contributed by atoms with E-state index in [-0.39, 0.29) is 23.6 Å². The summed E-state index contributed by atoms with van der Waals surface area (Å²) in [6, 6.07) is 1.17. The van der Waals surface area contributed by atoms with Crippen molar-refractivity contribution >= 4 is 29.4 Å². The molecule has 1 aliphatic heterocycles. The quantitative estimate of drug-likeness (QED) is 0.576. The summed E-state index contributed by atoms with van der Waals surface area (Å²) in [5.74, 6) is 1.31. The molecular weight excluding hydrogens is 408 g/mol. The van der Waals surface area contributed by atoms with E-state index in [2.05, 4.69) is 10.3 Å². The van der Waals surface area contributed by atoms with Crippen LogP contribution in [0.2, 0.25) is 5.02 Å². The third kappa shape index (κ3) is 3.21. The molecule has 0 spiro atoms.